The molecule has 0 saturated heterocycles. The molecule has 2 N–H and O–H groups in total. The van der Waals surface area contributed by atoms with Gasteiger partial charge in [-0.3, -0.25) is 0 Å². The van der Waals surface area contributed by atoms with Crippen molar-refractivity contribution in [1.29, 1.82) is 0 Å². The first kappa shape index (κ1) is 18.5. The Kier molecular flexibility index (Phi) is 5.20. The van der Waals surface area contributed by atoms with E-state index in [1.165, 1.54) is 12.8 Å². The Morgan fingerprint density at radius 3 is 2.77 bits per heavy atom. The van der Waals surface area contributed by atoms with Gasteiger partial charge in [-0.15, -0.1) is 0 Å². The molecule has 1 aliphatic carbocycles. The molecule has 0 amide bonds. The van der Waals surface area contributed by atoms with Crippen LogP contribution in [0.2, 0.25) is 0 Å². The fourth-order valence-electron chi connectivity index (χ4n) is 3.80. The number of nitrogens with one attached hydrogen (secondary N) is 2. The summed E-state index contributed by atoms with van der Waals surface area (Å²) in [5.41, 5.74) is 4.08. The summed E-state index contributed by atoms with van der Waals surface area (Å²) in [5.74, 6) is 1.29. The molecule has 8 nitrogen and oxygen atoms in total. The molecule has 1 saturated carbocycles. The highest BCUT2D eigenvalue weighted by atomic mass is 16.5. The van der Waals surface area contributed by atoms with Crippen LogP contribution in [-0.2, 0) is 13.0 Å². The highest BCUT2D eigenvalue weighted by molar-refractivity contribution is 5.78. The van der Waals surface area contributed by atoms with E-state index in [4.69, 9.17) is 4.74 Å². The van der Waals surface area contributed by atoms with E-state index in [0.29, 0.717) is 24.5 Å². The molecule has 4 aromatic rings. The minimum Gasteiger partial charge on any atom is -0.474 e. The molecule has 0 atom stereocenters. The highest BCUT2D eigenvalue weighted by Gasteiger charge is 2.17. The van der Waals surface area contributed by atoms with Crippen molar-refractivity contribution in [3.63, 3.8) is 0 Å². The summed E-state index contributed by atoms with van der Waals surface area (Å²) in [6, 6.07) is 3.96. The molecule has 0 bridgehead atoms. The molecule has 0 unspecified atom stereocenters. The van der Waals surface area contributed by atoms with Crippen molar-refractivity contribution < 1.29 is 4.74 Å². The van der Waals surface area contributed by atoms with Crippen LogP contribution >= 0.6 is 0 Å². The topological polar surface area (TPSA) is 102 Å². The van der Waals surface area contributed by atoms with Crippen LogP contribution < -0.4 is 10.1 Å². The smallest absolute Gasteiger partial charge is 0.222 e. The van der Waals surface area contributed by atoms with Crippen LogP contribution in [0, 0.1) is 0 Å². The maximum Gasteiger partial charge on any atom is 0.222 e. The lowest BCUT2D eigenvalue weighted by Gasteiger charge is -2.13. The monoisotopic (exact) mass is 401 g/mol. The molecule has 4 aromatic heterocycles. The van der Waals surface area contributed by atoms with Gasteiger partial charge in [0.1, 0.15) is 18.1 Å². The third kappa shape index (κ3) is 4.22. The number of ether oxygens (including phenoxy) is 1. The van der Waals surface area contributed by atoms with Crippen molar-refractivity contribution in [2.45, 2.75) is 44.8 Å². The van der Waals surface area contributed by atoms with Gasteiger partial charge in [-0.2, -0.15) is 0 Å². The van der Waals surface area contributed by atoms with E-state index in [9.17, 15) is 0 Å². The van der Waals surface area contributed by atoms with Gasteiger partial charge in [0.25, 0.3) is 0 Å². The van der Waals surface area contributed by atoms with Crippen molar-refractivity contribution in [2.24, 2.45) is 0 Å². The molecule has 0 spiro atoms. The molecule has 1 aliphatic rings. The van der Waals surface area contributed by atoms with Crippen LogP contribution in [-0.4, -0.2) is 36.0 Å². The summed E-state index contributed by atoms with van der Waals surface area (Å²) in [6.07, 6.45) is 16.6. The molecule has 5 rings (SSSR count). The van der Waals surface area contributed by atoms with Crippen molar-refractivity contribution in [3.05, 3.63) is 66.1 Å². The zero-order chi connectivity index (χ0) is 20.2. The van der Waals surface area contributed by atoms with Gasteiger partial charge >= 0.3 is 0 Å². The maximum atomic E-state index is 5.98. The van der Waals surface area contributed by atoms with E-state index in [1.807, 2.05) is 36.9 Å². The summed E-state index contributed by atoms with van der Waals surface area (Å²) in [6.45, 7) is 0.614. The third-order valence-corrected chi connectivity index (χ3v) is 5.38. The number of nitrogens with zero attached hydrogens (tertiary/aromatic N) is 5. The number of aromatic nitrogens is 6. The minimum absolute atomic E-state index is 0.306. The molecule has 152 valence electrons. The van der Waals surface area contributed by atoms with E-state index in [0.717, 1.165) is 47.0 Å². The zero-order valence-corrected chi connectivity index (χ0v) is 16.6. The van der Waals surface area contributed by atoms with Crippen LogP contribution in [0.3, 0.4) is 0 Å². The first-order valence-corrected chi connectivity index (χ1v) is 10.3. The standard InChI is InChI=1S/C22H23N7O/c1-2-4-18(3-1)30-20-8-15(5-6-24-20)9-26-22-27-10-16(11-28-22)7-17-12-25-21-19(17)13-23-14-29-21/h5-6,8,10-14,18H,1-4,7,9H2,(H,23,25,29)(H,26,27,28). The number of anilines is 1. The van der Waals surface area contributed by atoms with Crippen LogP contribution in [0.4, 0.5) is 5.95 Å². The number of pyridine rings is 1. The van der Waals surface area contributed by atoms with Gasteiger partial charge < -0.3 is 15.0 Å². The summed E-state index contributed by atoms with van der Waals surface area (Å²) < 4.78 is 5.98. The number of hydrogen-bond donors (Lipinski definition) is 2. The van der Waals surface area contributed by atoms with Crippen LogP contribution in [0.5, 0.6) is 5.88 Å². The van der Waals surface area contributed by atoms with Crippen LogP contribution in [0.15, 0.2) is 49.4 Å². The summed E-state index contributed by atoms with van der Waals surface area (Å²) in [5, 5.41) is 4.29. The fraction of sp³-hybridized carbons (Fsp3) is 0.318. The lowest BCUT2D eigenvalue weighted by molar-refractivity contribution is 0.201. The molecule has 0 aromatic carbocycles. The summed E-state index contributed by atoms with van der Waals surface area (Å²) >= 11 is 0. The SMILES string of the molecule is c1cc(CNc2ncc(Cc3c[nH]c4ncncc34)cn2)cc(OC2CCCC2)n1. The predicted molar refractivity (Wildman–Crippen MR) is 113 cm³/mol. The van der Waals surface area contributed by atoms with Crippen LogP contribution in [0.25, 0.3) is 11.0 Å². The summed E-state index contributed by atoms with van der Waals surface area (Å²) in [7, 11) is 0. The van der Waals surface area contributed by atoms with Gasteiger partial charge in [-0.1, -0.05) is 0 Å². The van der Waals surface area contributed by atoms with E-state index < -0.39 is 0 Å². The number of aromatic amines is 1. The average Bonchev–Trinajstić information content (AvgIpc) is 3.44. The van der Waals surface area contributed by atoms with Crippen molar-refractivity contribution in [2.75, 3.05) is 5.32 Å². The molecule has 8 heteroatoms. The predicted octanol–water partition coefficient (Wildman–Crippen LogP) is 3.67. The molecular weight excluding hydrogens is 378 g/mol. The third-order valence-electron chi connectivity index (χ3n) is 5.38. The minimum atomic E-state index is 0.306. The summed E-state index contributed by atoms with van der Waals surface area (Å²) in [4.78, 5) is 24.7. The van der Waals surface area contributed by atoms with Gasteiger partial charge in [-0.05, 0) is 48.4 Å². The largest absolute Gasteiger partial charge is 0.474 e. The number of fused-ring (bicyclic) bond motifs is 1. The van der Waals surface area contributed by atoms with E-state index in [-0.39, 0.29) is 0 Å². The van der Waals surface area contributed by atoms with E-state index >= 15 is 0 Å². The zero-order valence-electron chi connectivity index (χ0n) is 16.6. The second kappa shape index (κ2) is 8.44. The Morgan fingerprint density at radius 2 is 1.90 bits per heavy atom. The van der Waals surface area contributed by atoms with Crippen molar-refractivity contribution >= 4 is 17.0 Å². The van der Waals surface area contributed by atoms with Gasteiger partial charge in [0.15, 0.2) is 0 Å². The molecule has 1 fully saturated rings. The van der Waals surface area contributed by atoms with Crippen molar-refractivity contribution in [1.82, 2.24) is 29.9 Å². The lowest BCUT2D eigenvalue weighted by atomic mass is 10.1. The average molecular weight is 401 g/mol. The van der Waals surface area contributed by atoms with E-state index in [1.54, 1.807) is 12.5 Å². The van der Waals surface area contributed by atoms with Gasteiger partial charge in [0, 0.05) is 55.4 Å². The first-order valence-electron chi connectivity index (χ1n) is 10.3. The maximum absolute atomic E-state index is 5.98. The van der Waals surface area contributed by atoms with Gasteiger partial charge in [-0.25, -0.2) is 24.9 Å². The van der Waals surface area contributed by atoms with E-state index in [2.05, 4.69) is 35.2 Å². The van der Waals surface area contributed by atoms with Crippen molar-refractivity contribution in [3.8, 4) is 5.88 Å². The Bertz CT molecular complexity index is 1120. The van der Waals surface area contributed by atoms with Crippen LogP contribution in [0.1, 0.15) is 42.4 Å². The molecular formula is C22H23N7O. The van der Waals surface area contributed by atoms with Gasteiger partial charge in [0.2, 0.25) is 11.8 Å². The van der Waals surface area contributed by atoms with Gasteiger partial charge in [0.05, 0.1) is 0 Å². The second-order valence-electron chi connectivity index (χ2n) is 7.57. The Hall–Kier alpha value is -3.55. The molecule has 30 heavy (non-hydrogen) atoms. The normalized spacial score (nSPS) is 14.3. The second-order valence-corrected chi connectivity index (χ2v) is 7.57. The molecule has 0 aliphatic heterocycles. The Morgan fingerprint density at radius 1 is 1.03 bits per heavy atom. The Labute approximate surface area is 174 Å². The fourth-order valence-corrected chi connectivity index (χ4v) is 3.80. The number of H-pyrrole nitrogens is 1. The molecule has 0 radical (unpaired) electrons. The number of rotatable bonds is 7. The Balaban J connectivity index is 1.19. The first-order chi connectivity index (χ1) is 14.8. The quantitative estimate of drug-likeness (QED) is 0.487. The highest BCUT2D eigenvalue weighted by Crippen LogP contribution is 2.23. The lowest BCUT2D eigenvalue weighted by Crippen LogP contribution is -2.12. The molecule has 4 heterocycles. The number of hydrogen-bond acceptors (Lipinski definition) is 7.